The van der Waals surface area contributed by atoms with Gasteiger partial charge in [-0.1, -0.05) is 0 Å². The van der Waals surface area contributed by atoms with Gasteiger partial charge in [0.15, 0.2) is 0 Å². The molecule has 2 N–H and O–H groups in total. The Morgan fingerprint density at radius 1 is 1.24 bits per heavy atom. The zero-order valence-electron chi connectivity index (χ0n) is 10.5. The Hall–Kier alpha value is -0.710. The summed E-state index contributed by atoms with van der Waals surface area (Å²) in [7, 11) is 1.61. The zero-order chi connectivity index (χ0) is 13.0. The Morgan fingerprint density at radius 3 is 2.18 bits per heavy atom. The summed E-state index contributed by atoms with van der Waals surface area (Å²) in [6, 6.07) is 3.72. The molecule has 96 valence electrons. The molecule has 3 nitrogen and oxygen atoms in total. The van der Waals surface area contributed by atoms with Crippen molar-refractivity contribution in [3.63, 3.8) is 0 Å². The fourth-order valence-electron chi connectivity index (χ4n) is 2.00. The summed E-state index contributed by atoms with van der Waals surface area (Å²) in [6.07, 6.45) is -1.18. The molecular formula is C13H20O3S. The van der Waals surface area contributed by atoms with Crippen LogP contribution in [0.2, 0.25) is 0 Å². The number of hydrogen-bond donors (Lipinski definition) is 3. The van der Waals surface area contributed by atoms with E-state index in [0.717, 1.165) is 22.4 Å². The first-order valence-electron chi connectivity index (χ1n) is 5.63. The van der Waals surface area contributed by atoms with Crippen LogP contribution >= 0.6 is 12.6 Å². The second kappa shape index (κ2) is 6.28. The third-order valence-corrected chi connectivity index (χ3v) is 3.15. The number of hydrogen-bond acceptors (Lipinski definition) is 4. The second-order valence-corrected chi connectivity index (χ2v) is 4.65. The van der Waals surface area contributed by atoms with Crippen LogP contribution in [0.5, 0.6) is 5.75 Å². The Kier molecular flexibility index (Phi) is 5.31. The Labute approximate surface area is 108 Å². The van der Waals surface area contributed by atoms with E-state index in [-0.39, 0.29) is 0 Å². The van der Waals surface area contributed by atoms with Gasteiger partial charge in [0.2, 0.25) is 0 Å². The van der Waals surface area contributed by atoms with Crippen LogP contribution in [-0.2, 0) is 0 Å². The van der Waals surface area contributed by atoms with E-state index in [0.29, 0.717) is 12.2 Å². The van der Waals surface area contributed by atoms with Gasteiger partial charge in [-0.15, -0.1) is 0 Å². The van der Waals surface area contributed by atoms with Gasteiger partial charge in [-0.05, 0) is 54.8 Å². The van der Waals surface area contributed by atoms with E-state index in [1.54, 1.807) is 7.11 Å². The van der Waals surface area contributed by atoms with Crippen LogP contribution in [0.25, 0.3) is 0 Å². The number of aliphatic hydroxyl groups excluding tert-OH is 2. The molecule has 0 fully saturated rings. The summed E-state index contributed by atoms with van der Waals surface area (Å²) in [5.74, 6) is 1.31. The normalized spacial score (nSPS) is 14.5. The van der Waals surface area contributed by atoms with Crippen LogP contribution in [0, 0.1) is 13.8 Å². The molecule has 0 saturated heterocycles. The summed E-state index contributed by atoms with van der Waals surface area (Å²) in [4.78, 5) is 0. The quantitative estimate of drug-likeness (QED) is 0.707. The second-order valence-electron chi connectivity index (χ2n) is 4.20. The van der Waals surface area contributed by atoms with Crippen molar-refractivity contribution in [3.8, 4) is 5.75 Å². The lowest BCUT2D eigenvalue weighted by Gasteiger charge is -2.22. The molecule has 0 heterocycles. The van der Waals surface area contributed by atoms with Crippen molar-refractivity contribution in [1.29, 1.82) is 0 Å². The van der Waals surface area contributed by atoms with Gasteiger partial charge in [0.25, 0.3) is 0 Å². The van der Waals surface area contributed by atoms with E-state index in [4.69, 9.17) is 4.74 Å². The number of ether oxygens (including phenoxy) is 1. The highest BCUT2D eigenvalue weighted by atomic mass is 32.1. The number of thiol groups is 1. The van der Waals surface area contributed by atoms with Crippen molar-refractivity contribution in [3.05, 3.63) is 28.8 Å². The summed E-state index contributed by atoms with van der Waals surface area (Å²) in [5.41, 5.74) is 2.63. The van der Waals surface area contributed by atoms with Crippen molar-refractivity contribution in [1.82, 2.24) is 0 Å². The highest BCUT2D eigenvalue weighted by molar-refractivity contribution is 7.80. The summed E-state index contributed by atoms with van der Waals surface area (Å²) < 4.78 is 5.16. The molecule has 0 saturated carbocycles. The Morgan fingerprint density at radius 2 is 1.76 bits per heavy atom. The van der Waals surface area contributed by atoms with Gasteiger partial charge in [-0.25, -0.2) is 0 Å². The molecule has 0 aromatic heterocycles. The largest absolute Gasteiger partial charge is 0.497 e. The van der Waals surface area contributed by atoms with Crippen LogP contribution in [0.4, 0.5) is 0 Å². The molecule has 4 heteroatoms. The van der Waals surface area contributed by atoms with Gasteiger partial charge < -0.3 is 14.9 Å². The maximum atomic E-state index is 10.1. The average Bonchev–Trinajstić information content (AvgIpc) is 2.28. The van der Waals surface area contributed by atoms with E-state index >= 15 is 0 Å². The standard InChI is InChI=1S/C13H20O3S/c1-8-6-10(16-3)7-9(2)12(8)13(15)11(14)4-5-17/h6-7,11,13-15,17H,4-5H2,1-3H3. The monoisotopic (exact) mass is 256 g/mol. The van der Waals surface area contributed by atoms with E-state index in [1.807, 2.05) is 26.0 Å². The van der Waals surface area contributed by atoms with Gasteiger partial charge in [0, 0.05) is 0 Å². The van der Waals surface area contributed by atoms with Gasteiger partial charge in [0.05, 0.1) is 13.2 Å². The van der Waals surface area contributed by atoms with Crippen molar-refractivity contribution in [2.75, 3.05) is 12.9 Å². The fourth-order valence-corrected chi connectivity index (χ4v) is 2.27. The fraction of sp³-hybridized carbons (Fsp3) is 0.538. The molecule has 0 aliphatic rings. The van der Waals surface area contributed by atoms with Gasteiger partial charge in [-0.3, -0.25) is 0 Å². The zero-order valence-corrected chi connectivity index (χ0v) is 11.4. The topological polar surface area (TPSA) is 49.7 Å². The highest BCUT2D eigenvalue weighted by Gasteiger charge is 2.21. The van der Waals surface area contributed by atoms with Crippen molar-refractivity contribution < 1.29 is 14.9 Å². The Balaban J connectivity index is 3.05. The van der Waals surface area contributed by atoms with Gasteiger partial charge >= 0.3 is 0 Å². The predicted octanol–water partition coefficient (Wildman–Crippen LogP) is 2.03. The maximum Gasteiger partial charge on any atom is 0.119 e. The summed E-state index contributed by atoms with van der Waals surface area (Å²) in [5, 5.41) is 19.9. The number of aliphatic hydroxyl groups is 2. The summed E-state index contributed by atoms with van der Waals surface area (Å²) in [6.45, 7) is 3.81. The third kappa shape index (κ3) is 3.37. The van der Waals surface area contributed by atoms with Gasteiger partial charge in [-0.2, -0.15) is 12.6 Å². The molecule has 17 heavy (non-hydrogen) atoms. The predicted molar refractivity (Wildman–Crippen MR) is 71.9 cm³/mol. The first-order chi connectivity index (χ1) is 8.01. The average molecular weight is 256 g/mol. The van der Waals surface area contributed by atoms with Crippen molar-refractivity contribution in [2.45, 2.75) is 32.5 Å². The van der Waals surface area contributed by atoms with Crippen LogP contribution in [0.3, 0.4) is 0 Å². The van der Waals surface area contributed by atoms with E-state index < -0.39 is 12.2 Å². The lowest BCUT2D eigenvalue weighted by molar-refractivity contribution is 0.0165. The lowest BCUT2D eigenvalue weighted by Crippen LogP contribution is -2.20. The minimum Gasteiger partial charge on any atom is -0.497 e. The molecule has 0 aliphatic carbocycles. The van der Waals surface area contributed by atoms with Crippen molar-refractivity contribution >= 4 is 12.6 Å². The molecule has 0 amide bonds. The summed E-state index contributed by atoms with van der Waals surface area (Å²) >= 11 is 4.06. The molecule has 0 aliphatic heterocycles. The maximum absolute atomic E-state index is 10.1. The lowest BCUT2D eigenvalue weighted by atomic mass is 9.93. The molecule has 0 radical (unpaired) electrons. The molecule has 0 bridgehead atoms. The highest BCUT2D eigenvalue weighted by Crippen LogP contribution is 2.29. The number of rotatable bonds is 5. The van der Waals surface area contributed by atoms with Crippen LogP contribution in [-0.4, -0.2) is 29.2 Å². The van der Waals surface area contributed by atoms with E-state index in [2.05, 4.69) is 12.6 Å². The van der Waals surface area contributed by atoms with Crippen LogP contribution < -0.4 is 4.74 Å². The molecule has 0 spiro atoms. The van der Waals surface area contributed by atoms with E-state index in [1.165, 1.54) is 0 Å². The third-order valence-electron chi connectivity index (χ3n) is 2.89. The molecule has 2 atom stereocenters. The van der Waals surface area contributed by atoms with Crippen LogP contribution in [0.1, 0.15) is 29.2 Å². The molecule has 1 aromatic rings. The van der Waals surface area contributed by atoms with Crippen LogP contribution in [0.15, 0.2) is 12.1 Å². The SMILES string of the molecule is COc1cc(C)c(C(O)C(O)CCS)c(C)c1. The molecule has 1 aromatic carbocycles. The molecular weight excluding hydrogens is 236 g/mol. The number of methoxy groups -OCH3 is 1. The van der Waals surface area contributed by atoms with Crippen molar-refractivity contribution in [2.24, 2.45) is 0 Å². The molecule has 2 unspecified atom stereocenters. The first kappa shape index (κ1) is 14.4. The minimum absolute atomic E-state index is 0.467. The smallest absolute Gasteiger partial charge is 0.119 e. The minimum atomic E-state index is -0.868. The van der Waals surface area contributed by atoms with Gasteiger partial charge in [0.1, 0.15) is 11.9 Å². The first-order valence-corrected chi connectivity index (χ1v) is 6.26. The molecule has 1 rings (SSSR count). The Bertz CT molecular complexity index is 356. The van der Waals surface area contributed by atoms with E-state index in [9.17, 15) is 10.2 Å². The number of aryl methyl sites for hydroxylation is 2. The number of benzene rings is 1.